The van der Waals surface area contributed by atoms with Gasteiger partial charge in [0.25, 0.3) is 0 Å². The van der Waals surface area contributed by atoms with Crippen LogP contribution in [0, 0.1) is 5.92 Å². The average molecular weight is 284 g/mol. The van der Waals surface area contributed by atoms with E-state index >= 15 is 0 Å². The van der Waals surface area contributed by atoms with Gasteiger partial charge in [-0.25, -0.2) is 0 Å². The topological polar surface area (TPSA) is 87.7 Å². The first-order chi connectivity index (χ1) is 9.56. The number of carboxylic acids is 1. The molecule has 114 valence electrons. The molecule has 2 rings (SSSR count). The highest BCUT2D eigenvalue weighted by Crippen LogP contribution is 2.32. The van der Waals surface area contributed by atoms with E-state index in [1.807, 2.05) is 0 Å². The second-order valence-electron chi connectivity index (χ2n) is 5.94. The second kappa shape index (κ2) is 7.04. The fourth-order valence-corrected chi connectivity index (χ4v) is 3.34. The smallest absolute Gasteiger partial charge is 0.306 e. The Kier molecular flexibility index (Phi) is 5.37. The van der Waals surface area contributed by atoms with Gasteiger partial charge in [0.15, 0.2) is 0 Å². The average Bonchev–Trinajstić information content (AvgIpc) is 2.73. The fourth-order valence-electron chi connectivity index (χ4n) is 3.34. The molecule has 1 amide bonds. The summed E-state index contributed by atoms with van der Waals surface area (Å²) in [7, 11) is 1.46. The summed E-state index contributed by atoms with van der Waals surface area (Å²) in [6.07, 6.45) is 4.60. The van der Waals surface area contributed by atoms with Crippen LogP contribution in [0.1, 0.15) is 38.5 Å². The maximum Gasteiger partial charge on any atom is 0.306 e. The van der Waals surface area contributed by atoms with E-state index in [0.29, 0.717) is 24.4 Å². The van der Waals surface area contributed by atoms with Crippen molar-refractivity contribution in [2.75, 3.05) is 13.7 Å². The normalized spacial score (nSPS) is 29.9. The summed E-state index contributed by atoms with van der Waals surface area (Å²) in [5, 5.41) is 15.1. The van der Waals surface area contributed by atoms with Gasteiger partial charge in [0.1, 0.15) is 0 Å². The van der Waals surface area contributed by atoms with Crippen molar-refractivity contribution in [3.05, 3.63) is 0 Å². The highest BCUT2D eigenvalue weighted by molar-refractivity contribution is 5.76. The minimum Gasteiger partial charge on any atom is -0.481 e. The standard InChI is InChI=1S/C14H24N2O4/c1-20-12(7-14(18)19)8-15-13(17)6-9-4-10-2-3-11(5-9)16-10/h9-12,16H,2-8H2,1H3,(H,15,17)(H,18,19). The largest absolute Gasteiger partial charge is 0.481 e. The van der Waals surface area contributed by atoms with Gasteiger partial charge in [-0.3, -0.25) is 9.59 Å². The summed E-state index contributed by atoms with van der Waals surface area (Å²) in [5.41, 5.74) is 0. The summed E-state index contributed by atoms with van der Waals surface area (Å²) >= 11 is 0. The lowest BCUT2D eigenvalue weighted by molar-refractivity contribution is -0.140. The zero-order valence-electron chi connectivity index (χ0n) is 11.9. The molecule has 0 aromatic rings. The molecule has 6 nitrogen and oxygen atoms in total. The number of hydrogen-bond acceptors (Lipinski definition) is 4. The molecule has 3 N–H and O–H groups in total. The first-order valence-electron chi connectivity index (χ1n) is 7.34. The Morgan fingerprint density at radius 3 is 2.55 bits per heavy atom. The van der Waals surface area contributed by atoms with Crippen LogP contribution in [-0.4, -0.2) is 48.8 Å². The molecule has 0 radical (unpaired) electrons. The molecule has 3 atom stereocenters. The van der Waals surface area contributed by atoms with Crippen molar-refractivity contribution in [2.24, 2.45) is 5.92 Å². The van der Waals surface area contributed by atoms with E-state index in [-0.39, 0.29) is 18.9 Å². The Hall–Kier alpha value is -1.14. The van der Waals surface area contributed by atoms with Crippen LogP contribution in [-0.2, 0) is 14.3 Å². The minimum absolute atomic E-state index is 0.00346. The van der Waals surface area contributed by atoms with Crippen LogP contribution in [0.2, 0.25) is 0 Å². The summed E-state index contributed by atoms with van der Waals surface area (Å²) in [6, 6.07) is 1.18. The number of amides is 1. The third kappa shape index (κ3) is 4.45. The SMILES string of the molecule is COC(CNC(=O)CC1CC2CCC(C1)N2)CC(=O)O. The molecule has 2 bridgehead atoms. The number of methoxy groups -OCH3 is 1. The van der Waals surface area contributed by atoms with Crippen LogP contribution in [0.4, 0.5) is 0 Å². The lowest BCUT2D eigenvalue weighted by Gasteiger charge is -2.28. The van der Waals surface area contributed by atoms with Gasteiger partial charge in [0.2, 0.25) is 5.91 Å². The molecule has 0 aromatic carbocycles. The Morgan fingerprint density at radius 1 is 1.35 bits per heavy atom. The summed E-state index contributed by atoms with van der Waals surface area (Å²) in [6.45, 7) is 0.263. The fraction of sp³-hybridized carbons (Fsp3) is 0.857. The second-order valence-corrected chi connectivity index (χ2v) is 5.94. The monoisotopic (exact) mass is 284 g/mol. The molecule has 2 aliphatic rings. The predicted octanol–water partition coefficient (Wildman–Crippen LogP) is 0.513. The van der Waals surface area contributed by atoms with Crippen molar-refractivity contribution >= 4 is 11.9 Å². The van der Waals surface area contributed by atoms with E-state index in [9.17, 15) is 9.59 Å². The van der Waals surface area contributed by atoms with Crippen molar-refractivity contribution in [3.63, 3.8) is 0 Å². The highest BCUT2D eigenvalue weighted by atomic mass is 16.5. The van der Waals surface area contributed by atoms with Crippen LogP contribution in [0.3, 0.4) is 0 Å². The van der Waals surface area contributed by atoms with Gasteiger partial charge in [0.05, 0.1) is 12.5 Å². The number of ether oxygens (including phenoxy) is 1. The van der Waals surface area contributed by atoms with E-state index in [2.05, 4.69) is 10.6 Å². The molecule has 0 saturated carbocycles. The third-order valence-electron chi connectivity index (χ3n) is 4.31. The number of rotatable bonds is 7. The molecular formula is C14H24N2O4. The molecule has 0 aromatic heterocycles. The highest BCUT2D eigenvalue weighted by Gasteiger charge is 2.34. The van der Waals surface area contributed by atoms with Gasteiger partial charge in [-0.2, -0.15) is 0 Å². The molecule has 6 heteroatoms. The van der Waals surface area contributed by atoms with Gasteiger partial charge >= 0.3 is 5.97 Å². The number of fused-ring (bicyclic) bond motifs is 2. The van der Waals surface area contributed by atoms with Gasteiger partial charge in [-0.05, 0) is 31.6 Å². The summed E-state index contributed by atoms with van der Waals surface area (Å²) in [5.74, 6) is -0.459. The number of carboxylic acid groups (broad SMARTS) is 1. The van der Waals surface area contributed by atoms with Crippen LogP contribution in [0.5, 0.6) is 0 Å². The predicted molar refractivity (Wildman–Crippen MR) is 73.3 cm³/mol. The summed E-state index contributed by atoms with van der Waals surface area (Å²) < 4.78 is 5.04. The Balaban J connectivity index is 1.68. The lowest BCUT2D eigenvalue weighted by Crippen LogP contribution is -2.40. The quantitative estimate of drug-likeness (QED) is 0.634. The summed E-state index contributed by atoms with van der Waals surface area (Å²) in [4.78, 5) is 22.5. The van der Waals surface area contributed by atoms with Gasteiger partial charge < -0.3 is 20.5 Å². The lowest BCUT2D eigenvalue weighted by atomic mass is 9.89. The number of nitrogens with one attached hydrogen (secondary N) is 2. The van der Waals surface area contributed by atoms with E-state index in [4.69, 9.17) is 9.84 Å². The Bertz CT molecular complexity index is 349. The van der Waals surface area contributed by atoms with Crippen LogP contribution >= 0.6 is 0 Å². The number of carbonyl (C=O) groups is 2. The van der Waals surface area contributed by atoms with Gasteiger partial charge in [0, 0.05) is 32.2 Å². The van der Waals surface area contributed by atoms with Gasteiger partial charge in [-0.15, -0.1) is 0 Å². The first-order valence-corrected chi connectivity index (χ1v) is 7.34. The van der Waals surface area contributed by atoms with E-state index in [1.165, 1.54) is 20.0 Å². The number of hydrogen-bond donors (Lipinski definition) is 3. The molecular weight excluding hydrogens is 260 g/mol. The number of carbonyl (C=O) groups excluding carboxylic acids is 1. The van der Waals surface area contributed by atoms with Crippen LogP contribution in [0.25, 0.3) is 0 Å². The first kappa shape index (κ1) is 15.3. The Morgan fingerprint density at radius 2 is 2.00 bits per heavy atom. The maximum atomic E-state index is 11.9. The van der Waals surface area contributed by atoms with Crippen LogP contribution in [0.15, 0.2) is 0 Å². The molecule has 2 aliphatic heterocycles. The molecule has 0 spiro atoms. The van der Waals surface area contributed by atoms with Crippen molar-refractivity contribution in [1.82, 2.24) is 10.6 Å². The van der Waals surface area contributed by atoms with Crippen molar-refractivity contribution in [2.45, 2.75) is 56.7 Å². The van der Waals surface area contributed by atoms with Crippen LogP contribution < -0.4 is 10.6 Å². The number of aliphatic carboxylic acids is 1. The molecule has 3 unspecified atom stereocenters. The third-order valence-corrected chi connectivity index (χ3v) is 4.31. The van der Waals surface area contributed by atoms with Crippen molar-refractivity contribution in [1.29, 1.82) is 0 Å². The van der Waals surface area contributed by atoms with E-state index in [0.717, 1.165) is 12.8 Å². The zero-order valence-corrected chi connectivity index (χ0v) is 11.9. The minimum atomic E-state index is -0.916. The molecule has 20 heavy (non-hydrogen) atoms. The Labute approximate surface area is 119 Å². The molecule has 2 fully saturated rings. The van der Waals surface area contributed by atoms with E-state index < -0.39 is 12.1 Å². The van der Waals surface area contributed by atoms with Crippen molar-refractivity contribution in [3.8, 4) is 0 Å². The number of piperidine rings is 1. The van der Waals surface area contributed by atoms with Crippen molar-refractivity contribution < 1.29 is 19.4 Å². The molecule has 2 heterocycles. The molecule has 0 aliphatic carbocycles. The van der Waals surface area contributed by atoms with Gasteiger partial charge in [-0.1, -0.05) is 0 Å². The molecule has 2 saturated heterocycles. The maximum absolute atomic E-state index is 11.9. The zero-order chi connectivity index (χ0) is 14.5. The van der Waals surface area contributed by atoms with E-state index in [1.54, 1.807) is 0 Å².